The molecular formula is C11H22N2O2. The van der Waals surface area contributed by atoms with E-state index in [1.165, 1.54) is 7.11 Å². The number of hydrogen-bond acceptors (Lipinski definition) is 4. The Morgan fingerprint density at radius 3 is 2.80 bits per heavy atom. The standard InChI is InChI=1S/C11H22N2O2/c1-9-7-13(6-5-12-9)8-11(2,3)10(14)15-4/h9,12H,5-8H2,1-4H3/t9-/m1/s1. The van der Waals surface area contributed by atoms with Crippen molar-refractivity contribution >= 4 is 5.97 Å². The smallest absolute Gasteiger partial charge is 0.312 e. The van der Waals surface area contributed by atoms with Crippen molar-refractivity contribution in [1.82, 2.24) is 10.2 Å². The topological polar surface area (TPSA) is 41.6 Å². The first-order valence-corrected chi connectivity index (χ1v) is 5.50. The van der Waals surface area contributed by atoms with E-state index >= 15 is 0 Å². The van der Waals surface area contributed by atoms with Crippen LogP contribution in [0.1, 0.15) is 20.8 Å². The lowest BCUT2D eigenvalue weighted by Crippen LogP contribution is -2.52. The van der Waals surface area contributed by atoms with Crippen LogP contribution in [-0.2, 0) is 9.53 Å². The van der Waals surface area contributed by atoms with Gasteiger partial charge in [0.2, 0.25) is 0 Å². The van der Waals surface area contributed by atoms with E-state index in [0.717, 1.165) is 26.2 Å². The molecule has 15 heavy (non-hydrogen) atoms. The average molecular weight is 214 g/mol. The molecule has 1 heterocycles. The Morgan fingerprint density at radius 1 is 1.60 bits per heavy atom. The summed E-state index contributed by atoms with van der Waals surface area (Å²) < 4.78 is 4.80. The number of carbonyl (C=O) groups excluding carboxylic acids is 1. The summed E-state index contributed by atoms with van der Waals surface area (Å²) in [5.74, 6) is -0.131. The quantitative estimate of drug-likeness (QED) is 0.694. The summed E-state index contributed by atoms with van der Waals surface area (Å²) in [6, 6.07) is 0.507. The Morgan fingerprint density at radius 2 is 2.27 bits per heavy atom. The summed E-state index contributed by atoms with van der Waals surface area (Å²) in [6.45, 7) is 9.81. The van der Waals surface area contributed by atoms with Gasteiger partial charge in [0.25, 0.3) is 0 Å². The maximum atomic E-state index is 11.5. The average Bonchev–Trinajstić information content (AvgIpc) is 2.15. The zero-order valence-corrected chi connectivity index (χ0v) is 10.2. The van der Waals surface area contributed by atoms with Crippen LogP contribution in [0.15, 0.2) is 0 Å². The number of carbonyl (C=O) groups is 1. The number of nitrogens with one attached hydrogen (secondary N) is 1. The van der Waals surface area contributed by atoms with E-state index < -0.39 is 5.41 Å². The SMILES string of the molecule is COC(=O)C(C)(C)CN1CCN[C@H](C)C1. The van der Waals surface area contributed by atoms with Gasteiger partial charge in [0, 0.05) is 32.2 Å². The molecule has 1 aliphatic heterocycles. The fourth-order valence-electron chi connectivity index (χ4n) is 2.06. The monoisotopic (exact) mass is 214 g/mol. The third-order valence-corrected chi connectivity index (χ3v) is 2.81. The lowest BCUT2D eigenvalue weighted by molar-refractivity contribution is -0.152. The fourth-order valence-corrected chi connectivity index (χ4v) is 2.06. The Balaban J connectivity index is 2.49. The fraction of sp³-hybridized carbons (Fsp3) is 0.909. The zero-order chi connectivity index (χ0) is 11.5. The van der Waals surface area contributed by atoms with Gasteiger partial charge in [-0.2, -0.15) is 0 Å². The van der Waals surface area contributed by atoms with E-state index in [9.17, 15) is 4.79 Å². The van der Waals surface area contributed by atoms with E-state index in [4.69, 9.17) is 4.74 Å². The molecule has 0 aromatic rings. The van der Waals surface area contributed by atoms with Gasteiger partial charge in [-0.25, -0.2) is 0 Å². The minimum absolute atomic E-state index is 0.131. The van der Waals surface area contributed by atoms with Crippen molar-refractivity contribution in [1.29, 1.82) is 0 Å². The predicted molar refractivity (Wildman–Crippen MR) is 59.7 cm³/mol. The molecular weight excluding hydrogens is 192 g/mol. The summed E-state index contributed by atoms with van der Waals surface area (Å²) in [4.78, 5) is 13.8. The predicted octanol–water partition coefficient (Wildman–Crippen LogP) is 0.479. The van der Waals surface area contributed by atoms with Gasteiger partial charge in [-0.05, 0) is 20.8 Å². The first-order valence-electron chi connectivity index (χ1n) is 5.50. The largest absolute Gasteiger partial charge is 0.469 e. The van der Waals surface area contributed by atoms with Gasteiger partial charge in [0.15, 0.2) is 0 Å². The molecule has 0 aromatic carbocycles. The molecule has 0 unspecified atom stereocenters. The third kappa shape index (κ3) is 3.47. The molecule has 1 rings (SSSR count). The Kier molecular flexibility index (Phi) is 4.11. The molecule has 0 saturated carbocycles. The van der Waals surface area contributed by atoms with Crippen molar-refractivity contribution in [2.24, 2.45) is 5.41 Å². The number of nitrogens with zero attached hydrogens (tertiary/aromatic N) is 1. The lowest BCUT2D eigenvalue weighted by Gasteiger charge is -2.36. The second-order valence-corrected chi connectivity index (χ2v) is 4.97. The molecule has 0 bridgehead atoms. The Labute approximate surface area is 92.0 Å². The van der Waals surface area contributed by atoms with Gasteiger partial charge in [0.1, 0.15) is 0 Å². The normalized spacial score (nSPS) is 23.9. The highest BCUT2D eigenvalue weighted by atomic mass is 16.5. The Hall–Kier alpha value is -0.610. The van der Waals surface area contributed by atoms with Crippen molar-refractivity contribution in [3.8, 4) is 0 Å². The number of piperazine rings is 1. The first kappa shape index (κ1) is 12.5. The number of esters is 1. The summed E-state index contributed by atoms with van der Waals surface area (Å²) in [6.07, 6.45) is 0. The van der Waals surface area contributed by atoms with Crippen LogP contribution in [0.5, 0.6) is 0 Å². The van der Waals surface area contributed by atoms with Crippen molar-refractivity contribution in [3.63, 3.8) is 0 Å². The van der Waals surface area contributed by atoms with E-state index in [1.807, 2.05) is 13.8 Å². The van der Waals surface area contributed by atoms with Crippen molar-refractivity contribution in [2.45, 2.75) is 26.8 Å². The lowest BCUT2D eigenvalue weighted by atomic mass is 9.92. The molecule has 1 fully saturated rings. The van der Waals surface area contributed by atoms with Crippen LogP contribution in [0.25, 0.3) is 0 Å². The van der Waals surface area contributed by atoms with Gasteiger partial charge < -0.3 is 10.1 Å². The highest BCUT2D eigenvalue weighted by Gasteiger charge is 2.32. The summed E-state index contributed by atoms with van der Waals surface area (Å²) >= 11 is 0. The van der Waals surface area contributed by atoms with Gasteiger partial charge in [-0.3, -0.25) is 9.69 Å². The molecule has 0 spiro atoms. The van der Waals surface area contributed by atoms with Crippen LogP contribution < -0.4 is 5.32 Å². The van der Waals surface area contributed by atoms with Gasteiger partial charge in [-0.1, -0.05) is 0 Å². The maximum Gasteiger partial charge on any atom is 0.312 e. The van der Waals surface area contributed by atoms with Crippen molar-refractivity contribution in [3.05, 3.63) is 0 Å². The van der Waals surface area contributed by atoms with Crippen LogP contribution in [0.4, 0.5) is 0 Å². The van der Waals surface area contributed by atoms with E-state index in [2.05, 4.69) is 17.1 Å². The van der Waals surface area contributed by atoms with Crippen LogP contribution in [0, 0.1) is 5.41 Å². The second kappa shape index (κ2) is 4.94. The van der Waals surface area contributed by atoms with Crippen LogP contribution in [-0.4, -0.2) is 50.2 Å². The highest BCUT2D eigenvalue weighted by molar-refractivity contribution is 5.76. The minimum Gasteiger partial charge on any atom is -0.469 e. The summed E-state index contributed by atoms with van der Waals surface area (Å²) in [7, 11) is 1.45. The van der Waals surface area contributed by atoms with Crippen molar-refractivity contribution in [2.75, 3.05) is 33.3 Å². The molecule has 0 amide bonds. The molecule has 1 N–H and O–H groups in total. The molecule has 0 aliphatic carbocycles. The van der Waals surface area contributed by atoms with Crippen LogP contribution >= 0.6 is 0 Å². The summed E-state index contributed by atoms with van der Waals surface area (Å²) in [5, 5.41) is 3.38. The minimum atomic E-state index is -0.411. The molecule has 0 radical (unpaired) electrons. The molecule has 1 aliphatic rings. The van der Waals surface area contributed by atoms with Crippen LogP contribution in [0.2, 0.25) is 0 Å². The number of rotatable bonds is 3. The molecule has 1 atom stereocenters. The Bertz CT molecular complexity index is 229. The molecule has 4 heteroatoms. The van der Waals surface area contributed by atoms with Gasteiger partial charge in [0.05, 0.1) is 12.5 Å². The van der Waals surface area contributed by atoms with E-state index in [1.54, 1.807) is 0 Å². The number of hydrogen-bond donors (Lipinski definition) is 1. The van der Waals surface area contributed by atoms with E-state index in [0.29, 0.717) is 6.04 Å². The molecule has 1 saturated heterocycles. The second-order valence-electron chi connectivity index (χ2n) is 4.97. The molecule has 0 aromatic heterocycles. The van der Waals surface area contributed by atoms with E-state index in [-0.39, 0.29) is 5.97 Å². The molecule has 88 valence electrons. The van der Waals surface area contributed by atoms with Crippen molar-refractivity contribution < 1.29 is 9.53 Å². The third-order valence-electron chi connectivity index (χ3n) is 2.81. The first-order chi connectivity index (χ1) is 6.95. The zero-order valence-electron chi connectivity index (χ0n) is 10.2. The summed E-state index contributed by atoms with van der Waals surface area (Å²) in [5.41, 5.74) is -0.411. The van der Waals surface area contributed by atoms with Gasteiger partial charge >= 0.3 is 5.97 Å². The van der Waals surface area contributed by atoms with Gasteiger partial charge in [-0.15, -0.1) is 0 Å². The molecule has 4 nitrogen and oxygen atoms in total. The number of methoxy groups -OCH3 is 1. The number of ether oxygens (including phenoxy) is 1. The maximum absolute atomic E-state index is 11.5. The highest BCUT2D eigenvalue weighted by Crippen LogP contribution is 2.19. The van der Waals surface area contributed by atoms with Crippen LogP contribution in [0.3, 0.4) is 0 Å².